The van der Waals surface area contributed by atoms with Crippen LogP contribution in [0.25, 0.3) is 0 Å². The third-order valence-electron chi connectivity index (χ3n) is 1.79. The van der Waals surface area contributed by atoms with E-state index in [1.54, 1.807) is 0 Å². The minimum atomic E-state index is -4.46. The SMILES string of the molecule is O=S(=O)([O-])CC(F)CCCCCCF.[Li+]. The number of rotatable bonds is 8. The van der Waals surface area contributed by atoms with Crippen LogP contribution in [0.1, 0.15) is 32.1 Å². The predicted molar refractivity (Wildman–Crippen MR) is 48.5 cm³/mol. The summed E-state index contributed by atoms with van der Waals surface area (Å²) in [6.45, 7) is -0.381. The predicted octanol–water partition coefficient (Wildman–Crippen LogP) is -1.21. The van der Waals surface area contributed by atoms with Gasteiger partial charge in [0, 0.05) is 0 Å². The fraction of sp³-hybridized carbons (Fsp3) is 1.00. The molecule has 0 aliphatic heterocycles. The third-order valence-corrected chi connectivity index (χ3v) is 2.56. The van der Waals surface area contributed by atoms with Gasteiger partial charge in [0.25, 0.3) is 0 Å². The minimum absolute atomic E-state index is 0. The smallest absolute Gasteiger partial charge is 0.748 e. The van der Waals surface area contributed by atoms with E-state index in [2.05, 4.69) is 0 Å². The molecular weight excluding hydrogens is 221 g/mol. The van der Waals surface area contributed by atoms with Gasteiger partial charge < -0.3 is 4.55 Å². The van der Waals surface area contributed by atoms with Crippen molar-refractivity contribution >= 4 is 10.1 Å². The fourth-order valence-electron chi connectivity index (χ4n) is 1.12. The van der Waals surface area contributed by atoms with Gasteiger partial charge in [-0.15, -0.1) is 0 Å². The van der Waals surface area contributed by atoms with Crippen LogP contribution in [0.2, 0.25) is 0 Å². The molecule has 1 unspecified atom stereocenters. The van der Waals surface area contributed by atoms with Crippen molar-refractivity contribution in [3.05, 3.63) is 0 Å². The Morgan fingerprint density at radius 1 is 1.13 bits per heavy atom. The summed E-state index contributed by atoms with van der Waals surface area (Å²) in [5.41, 5.74) is 0. The van der Waals surface area contributed by atoms with E-state index in [-0.39, 0.29) is 32.0 Å². The van der Waals surface area contributed by atoms with E-state index in [0.29, 0.717) is 25.7 Å². The van der Waals surface area contributed by atoms with Crippen molar-refractivity contribution in [3.8, 4) is 0 Å². The molecule has 1 atom stereocenters. The zero-order valence-electron chi connectivity index (χ0n) is 8.92. The number of hydrogen-bond acceptors (Lipinski definition) is 3. The normalized spacial score (nSPS) is 13.3. The Bertz CT molecular complexity index is 234. The molecule has 0 aliphatic carbocycles. The first kappa shape index (κ1) is 17.8. The quantitative estimate of drug-likeness (QED) is 0.302. The van der Waals surface area contributed by atoms with Gasteiger partial charge in [0.2, 0.25) is 0 Å². The van der Waals surface area contributed by atoms with E-state index in [1.165, 1.54) is 0 Å². The van der Waals surface area contributed by atoms with E-state index >= 15 is 0 Å². The fourth-order valence-corrected chi connectivity index (χ4v) is 1.73. The number of alkyl halides is 2. The monoisotopic (exact) mass is 236 g/mol. The second kappa shape index (κ2) is 9.58. The molecule has 15 heavy (non-hydrogen) atoms. The van der Waals surface area contributed by atoms with Gasteiger partial charge in [0.15, 0.2) is 0 Å². The number of halogens is 2. The molecule has 0 aromatic rings. The second-order valence-electron chi connectivity index (χ2n) is 3.21. The van der Waals surface area contributed by atoms with Gasteiger partial charge in [-0.2, -0.15) is 0 Å². The van der Waals surface area contributed by atoms with Crippen LogP contribution in [-0.2, 0) is 10.1 Å². The second-order valence-corrected chi connectivity index (χ2v) is 4.66. The summed E-state index contributed by atoms with van der Waals surface area (Å²) in [4.78, 5) is 0. The minimum Gasteiger partial charge on any atom is -0.748 e. The Morgan fingerprint density at radius 3 is 2.13 bits per heavy atom. The molecule has 7 heteroatoms. The summed E-state index contributed by atoms with van der Waals surface area (Å²) in [6.07, 6.45) is 0.778. The van der Waals surface area contributed by atoms with Crippen molar-refractivity contribution in [1.29, 1.82) is 0 Å². The average molecular weight is 236 g/mol. The molecule has 0 saturated heterocycles. The Labute approximate surface area is 102 Å². The van der Waals surface area contributed by atoms with Crippen LogP contribution in [0.4, 0.5) is 8.78 Å². The molecule has 0 N–H and O–H groups in total. The standard InChI is InChI=1S/C8H16F2O3S.Li/c9-6-4-2-1-3-5-8(10)7-14(11,12)13;/h8H,1-7H2,(H,11,12,13);/q;+1/p-1. The maximum absolute atomic E-state index is 12.8. The van der Waals surface area contributed by atoms with E-state index in [0.717, 1.165) is 0 Å². The topological polar surface area (TPSA) is 57.2 Å². The maximum atomic E-state index is 12.8. The van der Waals surface area contributed by atoms with Gasteiger partial charge in [-0.1, -0.05) is 19.3 Å². The van der Waals surface area contributed by atoms with Gasteiger partial charge in [-0.3, -0.25) is 4.39 Å². The Kier molecular flexibility index (Phi) is 11.3. The van der Waals surface area contributed by atoms with Gasteiger partial charge in [-0.25, -0.2) is 12.8 Å². The largest absolute Gasteiger partial charge is 1.00 e. The van der Waals surface area contributed by atoms with Crippen molar-refractivity contribution < 1.29 is 40.6 Å². The van der Waals surface area contributed by atoms with Crippen molar-refractivity contribution in [1.82, 2.24) is 0 Å². The molecule has 0 saturated carbocycles. The first-order chi connectivity index (χ1) is 6.45. The Morgan fingerprint density at radius 2 is 1.67 bits per heavy atom. The zero-order chi connectivity index (χ0) is 11.0. The van der Waals surface area contributed by atoms with Crippen LogP contribution in [-0.4, -0.2) is 31.6 Å². The van der Waals surface area contributed by atoms with E-state index < -0.39 is 22.0 Å². The molecule has 0 aromatic carbocycles. The van der Waals surface area contributed by atoms with Crippen LogP contribution >= 0.6 is 0 Å². The number of hydrogen-bond donors (Lipinski definition) is 0. The summed E-state index contributed by atoms with van der Waals surface area (Å²) in [6, 6.07) is 0. The van der Waals surface area contributed by atoms with Crippen molar-refractivity contribution in [2.75, 3.05) is 12.4 Å². The molecule has 0 heterocycles. The first-order valence-electron chi connectivity index (χ1n) is 4.59. The molecule has 0 spiro atoms. The Balaban J connectivity index is 0. The van der Waals surface area contributed by atoms with E-state index in [1.807, 2.05) is 0 Å². The molecule has 0 aromatic heterocycles. The van der Waals surface area contributed by atoms with Gasteiger partial charge >= 0.3 is 18.9 Å². The van der Waals surface area contributed by atoms with Crippen LogP contribution in [0.15, 0.2) is 0 Å². The van der Waals surface area contributed by atoms with Crippen LogP contribution in [0.3, 0.4) is 0 Å². The summed E-state index contributed by atoms with van der Waals surface area (Å²) in [7, 11) is -4.46. The maximum Gasteiger partial charge on any atom is 1.00 e. The molecule has 0 rings (SSSR count). The molecule has 0 amide bonds. The zero-order valence-corrected chi connectivity index (χ0v) is 9.73. The summed E-state index contributed by atoms with van der Waals surface area (Å²) < 4.78 is 54.8. The molecular formula is C8H15F2LiO3S. The number of unbranched alkanes of at least 4 members (excludes halogenated alkanes) is 3. The van der Waals surface area contributed by atoms with Gasteiger partial charge in [0.05, 0.1) is 22.5 Å². The first-order valence-corrected chi connectivity index (χ1v) is 6.17. The molecule has 0 fully saturated rings. The summed E-state index contributed by atoms with van der Waals surface area (Å²) >= 11 is 0. The summed E-state index contributed by atoms with van der Waals surface area (Å²) in [5, 5.41) is 0. The molecule has 0 radical (unpaired) electrons. The Hall–Kier alpha value is 0.367. The average Bonchev–Trinajstić information content (AvgIpc) is 2.00. The van der Waals surface area contributed by atoms with Gasteiger partial charge in [0.1, 0.15) is 6.17 Å². The van der Waals surface area contributed by atoms with E-state index in [9.17, 15) is 21.8 Å². The molecule has 0 aliphatic rings. The van der Waals surface area contributed by atoms with Crippen LogP contribution in [0.5, 0.6) is 0 Å². The van der Waals surface area contributed by atoms with Crippen molar-refractivity contribution in [2.24, 2.45) is 0 Å². The summed E-state index contributed by atoms with van der Waals surface area (Å²) in [5.74, 6) is -0.948. The third kappa shape index (κ3) is 14.4. The van der Waals surface area contributed by atoms with Crippen molar-refractivity contribution in [3.63, 3.8) is 0 Å². The van der Waals surface area contributed by atoms with Crippen LogP contribution < -0.4 is 18.9 Å². The van der Waals surface area contributed by atoms with Crippen molar-refractivity contribution in [2.45, 2.75) is 38.3 Å². The molecule has 0 bridgehead atoms. The molecule has 86 valence electrons. The van der Waals surface area contributed by atoms with E-state index in [4.69, 9.17) is 0 Å². The van der Waals surface area contributed by atoms with Crippen LogP contribution in [0, 0.1) is 0 Å². The molecule has 3 nitrogen and oxygen atoms in total. The van der Waals surface area contributed by atoms with Gasteiger partial charge in [-0.05, 0) is 12.8 Å².